The van der Waals surface area contributed by atoms with Crippen LogP contribution in [0.2, 0.25) is 0 Å². The molecule has 4 heteroatoms. The van der Waals surface area contributed by atoms with Crippen molar-refractivity contribution in [2.75, 3.05) is 7.11 Å². The molecule has 0 aromatic heterocycles. The number of hydrogen-bond acceptors (Lipinski definition) is 2. The summed E-state index contributed by atoms with van der Waals surface area (Å²) >= 11 is 0. The van der Waals surface area contributed by atoms with Gasteiger partial charge in [0.15, 0.2) is 0 Å². The fourth-order valence-electron chi connectivity index (χ4n) is 1.33. The van der Waals surface area contributed by atoms with Crippen molar-refractivity contribution in [1.29, 1.82) is 0 Å². The lowest BCUT2D eigenvalue weighted by Gasteiger charge is -2.08. The molecule has 0 aliphatic carbocycles. The highest BCUT2D eigenvalue weighted by molar-refractivity contribution is 5.71. The van der Waals surface area contributed by atoms with Gasteiger partial charge in [-0.05, 0) is 19.1 Å². The van der Waals surface area contributed by atoms with Crippen LogP contribution in [-0.4, -0.2) is 18.2 Å². The minimum Gasteiger partial charge on any atom is -0.496 e. The zero-order chi connectivity index (χ0) is 12.1. The van der Waals surface area contributed by atoms with Crippen molar-refractivity contribution in [3.8, 4) is 17.6 Å². The average Bonchev–Trinajstić information content (AvgIpc) is 2.21. The molecule has 0 saturated heterocycles. The maximum atomic E-state index is 13.6. The predicted molar refractivity (Wildman–Crippen MR) is 56.8 cm³/mol. The summed E-state index contributed by atoms with van der Waals surface area (Å²) in [6, 6.07) is 2.73. The molecule has 16 heavy (non-hydrogen) atoms. The molecular weight excluding hydrogens is 211 g/mol. The van der Waals surface area contributed by atoms with Crippen LogP contribution in [-0.2, 0) is 11.2 Å². The second-order valence-corrected chi connectivity index (χ2v) is 3.08. The summed E-state index contributed by atoms with van der Waals surface area (Å²) in [6.07, 6.45) is -0.408. The number of hydrogen-bond donors (Lipinski definition) is 1. The zero-order valence-corrected chi connectivity index (χ0v) is 9.00. The molecule has 84 valence electrons. The Morgan fingerprint density at radius 3 is 2.75 bits per heavy atom. The van der Waals surface area contributed by atoms with Crippen molar-refractivity contribution in [3.05, 3.63) is 29.1 Å². The zero-order valence-electron chi connectivity index (χ0n) is 9.00. The van der Waals surface area contributed by atoms with Crippen LogP contribution in [0.5, 0.6) is 5.75 Å². The van der Waals surface area contributed by atoms with Crippen molar-refractivity contribution < 1.29 is 19.0 Å². The normalized spacial score (nSPS) is 9.19. The third-order valence-corrected chi connectivity index (χ3v) is 1.97. The molecule has 0 unspecified atom stereocenters. The van der Waals surface area contributed by atoms with Gasteiger partial charge in [0.25, 0.3) is 0 Å². The highest BCUT2D eigenvalue weighted by atomic mass is 19.1. The Morgan fingerprint density at radius 2 is 2.25 bits per heavy atom. The predicted octanol–water partition coefficient (Wildman–Crippen LogP) is 1.83. The number of methoxy groups -OCH3 is 1. The summed E-state index contributed by atoms with van der Waals surface area (Å²) in [7, 11) is 1.36. The van der Waals surface area contributed by atoms with Crippen LogP contribution >= 0.6 is 0 Å². The van der Waals surface area contributed by atoms with Crippen molar-refractivity contribution in [3.63, 3.8) is 0 Å². The first kappa shape index (κ1) is 12.1. The van der Waals surface area contributed by atoms with E-state index in [0.29, 0.717) is 5.56 Å². The summed E-state index contributed by atoms with van der Waals surface area (Å²) in [4.78, 5) is 10.5. The molecule has 0 radical (unpaired) electrons. The Labute approximate surface area is 92.9 Å². The van der Waals surface area contributed by atoms with E-state index in [9.17, 15) is 9.18 Å². The van der Waals surface area contributed by atoms with Gasteiger partial charge >= 0.3 is 5.97 Å². The van der Waals surface area contributed by atoms with Gasteiger partial charge in [0.2, 0.25) is 0 Å². The summed E-state index contributed by atoms with van der Waals surface area (Å²) in [5.41, 5.74) is 0.502. The third kappa shape index (κ3) is 2.74. The van der Waals surface area contributed by atoms with E-state index in [1.54, 1.807) is 6.92 Å². The number of benzene rings is 1. The lowest BCUT2D eigenvalue weighted by Crippen LogP contribution is -2.05. The van der Waals surface area contributed by atoms with Crippen LogP contribution < -0.4 is 4.74 Å². The summed E-state index contributed by atoms with van der Waals surface area (Å²) in [5.74, 6) is 3.81. The fraction of sp³-hybridized carbons (Fsp3) is 0.250. The van der Waals surface area contributed by atoms with Crippen molar-refractivity contribution in [1.82, 2.24) is 0 Å². The number of aliphatic carboxylic acids is 1. The first-order chi connectivity index (χ1) is 7.58. The third-order valence-electron chi connectivity index (χ3n) is 1.97. The standard InChI is InChI=1S/C12H11FO3/c1-3-4-8-5-10(13)9(7-12(14)15)11(6-8)16-2/h5-6H,7H2,1-2H3,(H,14,15). The first-order valence-corrected chi connectivity index (χ1v) is 4.59. The molecule has 0 bridgehead atoms. The van der Waals surface area contributed by atoms with Crippen molar-refractivity contribution in [2.45, 2.75) is 13.3 Å². The number of ether oxygens (including phenoxy) is 1. The molecular formula is C12H11FO3. The largest absolute Gasteiger partial charge is 0.496 e. The summed E-state index contributed by atoms with van der Waals surface area (Å²) in [6.45, 7) is 1.63. The molecule has 1 N–H and O–H groups in total. The van der Waals surface area contributed by atoms with Crippen molar-refractivity contribution >= 4 is 5.97 Å². The number of rotatable bonds is 3. The van der Waals surface area contributed by atoms with E-state index in [1.165, 1.54) is 19.2 Å². The van der Waals surface area contributed by atoms with Crippen LogP contribution in [0.15, 0.2) is 12.1 Å². The number of halogens is 1. The van der Waals surface area contributed by atoms with Gasteiger partial charge in [-0.1, -0.05) is 5.92 Å². The van der Waals surface area contributed by atoms with Gasteiger partial charge in [-0.25, -0.2) is 4.39 Å². The van der Waals surface area contributed by atoms with Crippen LogP contribution in [0.4, 0.5) is 4.39 Å². The molecule has 1 aromatic carbocycles. The first-order valence-electron chi connectivity index (χ1n) is 4.59. The van der Waals surface area contributed by atoms with E-state index in [0.717, 1.165) is 0 Å². The van der Waals surface area contributed by atoms with Gasteiger partial charge in [0, 0.05) is 11.1 Å². The highest BCUT2D eigenvalue weighted by Gasteiger charge is 2.14. The molecule has 0 spiro atoms. The van der Waals surface area contributed by atoms with E-state index >= 15 is 0 Å². The average molecular weight is 222 g/mol. The second-order valence-electron chi connectivity index (χ2n) is 3.08. The molecule has 1 aromatic rings. The Bertz CT molecular complexity index is 469. The smallest absolute Gasteiger partial charge is 0.308 e. The topological polar surface area (TPSA) is 46.5 Å². The van der Waals surface area contributed by atoms with Gasteiger partial charge < -0.3 is 9.84 Å². The van der Waals surface area contributed by atoms with Gasteiger partial charge in [0.1, 0.15) is 11.6 Å². The minimum atomic E-state index is -1.11. The van der Waals surface area contributed by atoms with Gasteiger partial charge in [0.05, 0.1) is 13.5 Å². The van der Waals surface area contributed by atoms with Crippen LogP contribution in [0, 0.1) is 17.7 Å². The van der Waals surface area contributed by atoms with Crippen LogP contribution in [0.3, 0.4) is 0 Å². The second kappa shape index (κ2) is 5.17. The highest BCUT2D eigenvalue weighted by Crippen LogP contribution is 2.24. The number of carboxylic acids is 1. The summed E-state index contributed by atoms with van der Waals surface area (Å²) < 4.78 is 18.5. The van der Waals surface area contributed by atoms with E-state index in [1.807, 2.05) is 0 Å². The molecule has 0 aliphatic rings. The summed E-state index contributed by atoms with van der Waals surface area (Å²) in [5, 5.41) is 8.63. The molecule has 0 heterocycles. The van der Waals surface area contributed by atoms with Crippen molar-refractivity contribution in [2.24, 2.45) is 0 Å². The Morgan fingerprint density at radius 1 is 1.56 bits per heavy atom. The maximum absolute atomic E-state index is 13.6. The van der Waals surface area contributed by atoms with E-state index < -0.39 is 18.2 Å². The lowest BCUT2D eigenvalue weighted by atomic mass is 10.1. The van der Waals surface area contributed by atoms with Gasteiger partial charge in [-0.2, -0.15) is 0 Å². The molecule has 0 fully saturated rings. The lowest BCUT2D eigenvalue weighted by molar-refractivity contribution is -0.136. The molecule has 0 atom stereocenters. The van der Waals surface area contributed by atoms with Crippen LogP contribution in [0.25, 0.3) is 0 Å². The fourth-order valence-corrected chi connectivity index (χ4v) is 1.33. The number of carbonyl (C=O) groups is 1. The van der Waals surface area contributed by atoms with Gasteiger partial charge in [-0.3, -0.25) is 4.79 Å². The Hall–Kier alpha value is -2.02. The molecule has 0 aliphatic heterocycles. The Kier molecular flexibility index (Phi) is 3.90. The number of carboxylic acid groups (broad SMARTS) is 1. The Balaban J connectivity index is 3.26. The van der Waals surface area contributed by atoms with E-state index in [4.69, 9.17) is 9.84 Å². The SMILES string of the molecule is CC#Cc1cc(F)c(CC(=O)O)c(OC)c1. The van der Waals surface area contributed by atoms with Crippen LogP contribution in [0.1, 0.15) is 18.1 Å². The van der Waals surface area contributed by atoms with E-state index in [-0.39, 0.29) is 11.3 Å². The maximum Gasteiger partial charge on any atom is 0.308 e. The monoisotopic (exact) mass is 222 g/mol. The minimum absolute atomic E-state index is 0.0386. The van der Waals surface area contributed by atoms with E-state index in [2.05, 4.69) is 11.8 Å². The molecule has 1 rings (SSSR count). The quantitative estimate of drug-likeness (QED) is 0.793. The molecule has 0 saturated carbocycles. The van der Waals surface area contributed by atoms with Gasteiger partial charge in [-0.15, -0.1) is 5.92 Å². The molecule has 0 amide bonds. The molecule has 3 nitrogen and oxygen atoms in total.